The van der Waals surface area contributed by atoms with Gasteiger partial charge >= 0.3 is 0 Å². The zero-order valence-electron chi connectivity index (χ0n) is 39.9. The Morgan fingerprint density at radius 1 is 0.250 bits per heavy atom. The maximum atomic E-state index is 2.44. The molecule has 0 unspecified atom stereocenters. The van der Waals surface area contributed by atoms with E-state index in [2.05, 4.69) is 311 Å². The highest BCUT2D eigenvalue weighted by Crippen LogP contribution is 2.44. The molecular formula is C68H52N4. The number of benzene rings is 11. The lowest BCUT2D eigenvalue weighted by Crippen LogP contribution is -2.18. The second-order valence-corrected chi connectivity index (χ2v) is 18.1. The van der Waals surface area contributed by atoms with Gasteiger partial charge in [0, 0.05) is 67.7 Å². The summed E-state index contributed by atoms with van der Waals surface area (Å²) in [7, 11) is 0. The van der Waals surface area contributed by atoms with Crippen molar-refractivity contribution in [1.29, 1.82) is 0 Å². The molecule has 344 valence electrons. The summed E-state index contributed by atoms with van der Waals surface area (Å²) in [4.78, 5) is 9.45. The van der Waals surface area contributed by atoms with E-state index in [0.717, 1.165) is 80.8 Å². The Labute approximate surface area is 422 Å². The van der Waals surface area contributed by atoms with Gasteiger partial charge < -0.3 is 19.6 Å². The molecule has 4 heteroatoms. The summed E-state index contributed by atoms with van der Waals surface area (Å²) in [5.41, 5.74) is 15.8. The van der Waals surface area contributed by atoms with Crippen molar-refractivity contribution in [2.45, 2.75) is 12.8 Å². The lowest BCUT2D eigenvalue weighted by Gasteiger charge is -2.31. The fraction of sp³-hybridized carbons (Fsp3) is 0.0294. The van der Waals surface area contributed by atoms with Gasteiger partial charge in [0.25, 0.3) is 0 Å². The molecule has 72 heavy (non-hydrogen) atoms. The molecule has 0 saturated heterocycles. The molecule has 0 saturated carbocycles. The number of para-hydroxylation sites is 3. The SMILES string of the molecule is C1=CCCC(N(c2ccc(N(c3ccccc3)c3ccc(-c4ccc(N(c5ccccc5)c5ccc(N(c6ccccc6)c6cccc7ccccc67)cc5)cc4)cc3)cc2)c2cccc3ccccc23)=C1. The van der Waals surface area contributed by atoms with E-state index in [1.165, 1.54) is 32.9 Å². The molecule has 0 radical (unpaired) electrons. The highest BCUT2D eigenvalue weighted by atomic mass is 15.2. The van der Waals surface area contributed by atoms with Crippen LogP contribution in [0.5, 0.6) is 0 Å². The van der Waals surface area contributed by atoms with E-state index in [1.54, 1.807) is 0 Å². The summed E-state index contributed by atoms with van der Waals surface area (Å²) in [6, 6.07) is 98.2. The normalized spacial score (nSPS) is 12.1. The summed E-state index contributed by atoms with van der Waals surface area (Å²) in [5.74, 6) is 0. The van der Waals surface area contributed by atoms with Crippen LogP contribution in [0.3, 0.4) is 0 Å². The monoisotopic (exact) mass is 924 g/mol. The second-order valence-electron chi connectivity index (χ2n) is 18.1. The maximum Gasteiger partial charge on any atom is 0.0540 e. The van der Waals surface area contributed by atoms with E-state index in [1.807, 2.05) is 0 Å². The predicted octanol–water partition coefficient (Wildman–Crippen LogP) is 19.4. The molecule has 12 rings (SSSR count). The average Bonchev–Trinajstić information content (AvgIpc) is 3.46. The van der Waals surface area contributed by atoms with E-state index in [0.29, 0.717) is 0 Å². The van der Waals surface area contributed by atoms with Crippen molar-refractivity contribution in [3.8, 4) is 11.1 Å². The Bertz CT molecular complexity index is 3650. The molecule has 11 aromatic rings. The second kappa shape index (κ2) is 19.9. The van der Waals surface area contributed by atoms with Gasteiger partial charge in [-0.3, -0.25) is 0 Å². The van der Waals surface area contributed by atoms with Gasteiger partial charge in [-0.25, -0.2) is 0 Å². The van der Waals surface area contributed by atoms with Gasteiger partial charge in [-0.2, -0.15) is 0 Å². The predicted molar refractivity (Wildman–Crippen MR) is 306 cm³/mol. The van der Waals surface area contributed by atoms with Crippen molar-refractivity contribution < 1.29 is 0 Å². The minimum absolute atomic E-state index is 0.980. The van der Waals surface area contributed by atoms with Crippen molar-refractivity contribution in [2.24, 2.45) is 0 Å². The molecule has 1 aliphatic carbocycles. The molecule has 0 aromatic heterocycles. The molecule has 0 spiro atoms. The van der Waals surface area contributed by atoms with Crippen molar-refractivity contribution in [3.63, 3.8) is 0 Å². The standard InChI is InChI=1S/C68H52N4/c1-5-23-55(24-6-1)69(61-43-47-63(48-44-61)71(57-27-9-3-10-28-57)67-33-17-21-53-19-13-15-31-65(53)67)59-39-35-51(36-40-59)52-37-41-60(42-38-52)70(56-25-7-2-8-26-56)62-45-49-64(50-46-62)72(58-29-11-4-12-30-58)68-34-18-22-54-20-14-16-32-66(54)68/h1-11,13-29,31-50H,12,30H2. The Hall–Kier alpha value is -9.38. The van der Waals surface area contributed by atoms with Crippen LogP contribution in [0.25, 0.3) is 32.7 Å². The number of nitrogens with zero attached hydrogens (tertiary/aromatic N) is 4. The van der Waals surface area contributed by atoms with Crippen molar-refractivity contribution in [3.05, 3.63) is 297 Å². The Kier molecular flexibility index (Phi) is 12.1. The molecule has 0 fully saturated rings. The first-order valence-corrected chi connectivity index (χ1v) is 24.8. The first-order valence-electron chi connectivity index (χ1n) is 24.8. The average molecular weight is 925 g/mol. The topological polar surface area (TPSA) is 13.0 Å². The maximum absolute atomic E-state index is 2.44. The first-order chi connectivity index (χ1) is 35.7. The van der Waals surface area contributed by atoms with Crippen LogP contribution in [0.2, 0.25) is 0 Å². The molecule has 0 aliphatic heterocycles. The van der Waals surface area contributed by atoms with Gasteiger partial charge in [0.2, 0.25) is 0 Å². The molecule has 11 aromatic carbocycles. The smallest absolute Gasteiger partial charge is 0.0540 e. The van der Waals surface area contributed by atoms with E-state index in [-0.39, 0.29) is 0 Å². The zero-order chi connectivity index (χ0) is 48.1. The van der Waals surface area contributed by atoms with Crippen LogP contribution in [-0.2, 0) is 0 Å². The molecule has 0 N–H and O–H groups in total. The molecule has 0 bridgehead atoms. The summed E-state index contributed by atoms with van der Waals surface area (Å²) in [6.07, 6.45) is 8.70. The van der Waals surface area contributed by atoms with Gasteiger partial charge in [-0.15, -0.1) is 0 Å². The van der Waals surface area contributed by atoms with Crippen LogP contribution in [0, 0.1) is 0 Å². The molecular weight excluding hydrogens is 873 g/mol. The van der Waals surface area contributed by atoms with Crippen LogP contribution < -0.4 is 19.6 Å². The van der Waals surface area contributed by atoms with Crippen LogP contribution in [-0.4, -0.2) is 0 Å². The van der Waals surface area contributed by atoms with Crippen LogP contribution >= 0.6 is 0 Å². The minimum Gasteiger partial charge on any atom is -0.314 e. The first kappa shape index (κ1) is 43.9. The Morgan fingerprint density at radius 3 is 0.986 bits per heavy atom. The van der Waals surface area contributed by atoms with E-state index in [9.17, 15) is 0 Å². The third kappa shape index (κ3) is 8.78. The number of anilines is 11. The van der Waals surface area contributed by atoms with Crippen LogP contribution in [0.4, 0.5) is 62.6 Å². The van der Waals surface area contributed by atoms with E-state index >= 15 is 0 Å². The van der Waals surface area contributed by atoms with Crippen LogP contribution in [0.15, 0.2) is 297 Å². The van der Waals surface area contributed by atoms with Gasteiger partial charge in [-0.1, -0.05) is 164 Å². The largest absolute Gasteiger partial charge is 0.314 e. The minimum atomic E-state index is 0.980. The van der Waals surface area contributed by atoms with E-state index < -0.39 is 0 Å². The third-order valence-corrected chi connectivity index (χ3v) is 13.7. The highest BCUT2D eigenvalue weighted by Gasteiger charge is 2.21. The van der Waals surface area contributed by atoms with Crippen molar-refractivity contribution >= 4 is 84.1 Å². The summed E-state index contributed by atoms with van der Waals surface area (Å²) >= 11 is 0. The van der Waals surface area contributed by atoms with Gasteiger partial charge in [-0.05, 0) is 162 Å². The Balaban J connectivity index is 0.840. The summed E-state index contributed by atoms with van der Waals surface area (Å²) in [5, 5.41) is 4.89. The molecule has 0 heterocycles. The van der Waals surface area contributed by atoms with Crippen molar-refractivity contribution in [2.75, 3.05) is 19.6 Å². The number of fused-ring (bicyclic) bond motifs is 2. The fourth-order valence-corrected chi connectivity index (χ4v) is 10.2. The lowest BCUT2D eigenvalue weighted by atomic mass is 10.0. The lowest BCUT2D eigenvalue weighted by molar-refractivity contribution is 0.919. The number of allylic oxidation sites excluding steroid dienone is 4. The Morgan fingerprint density at radius 2 is 0.569 bits per heavy atom. The highest BCUT2D eigenvalue weighted by molar-refractivity contribution is 6.00. The fourth-order valence-electron chi connectivity index (χ4n) is 10.2. The number of rotatable bonds is 13. The zero-order valence-corrected chi connectivity index (χ0v) is 39.9. The van der Waals surface area contributed by atoms with Crippen molar-refractivity contribution in [1.82, 2.24) is 0 Å². The molecule has 4 nitrogen and oxygen atoms in total. The summed E-state index contributed by atoms with van der Waals surface area (Å²) in [6.45, 7) is 0. The quantitative estimate of drug-likeness (QED) is 0.114. The van der Waals surface area contributed by atoms with Gasteiger partial charge in [0.15, 0.2) is 0 Å². The molecule has 0 atom stereocenters. The van der Waals surface area contributed by atoms with Crippen LogP contribution in [0.1, 0.15) is 12.8 Å². The number of hydrogen-bond acceptors (Lipinski definition) is 4. The molecule has 1 aliphatic rings. The number of hydrogen-bond donors (Lipinski definition) is 0. The molecule has 0 amide bonds. The van der Waals surface area contributed by atoms with E-state index in [4.69, 9.17) is 0 Å². The summed E-state index contributed by atoms with van der Waals surface area (Å²) < 4.78 is 0. The third-order valence-electron chi connectivity index (χ3n) is 13.7. The van der Waals surface area contributed by atoms with Gasteiger partial charge in [0.05, 0.1) is 11.4 Å². The van der Waals surface area contributed by atoms with Gasteiger partial charge in [0.1, 0.15) is 0 Å².